The summed E-state index contributed by atoms with van der Waals surface area (Å²) < 4.78 is 58.0. The Kier molecular flexibility index (Phi) is 3.53. The molecule has 2 unspecified atom stereocenters. The fraction of sp³-hybridized carbons (Fsp3) is 0.467. The van der Waals surface area contributed by atoms with Gasteiger partial charge in [0, 0.05) is 6.04 Å². The van der Waals surface area contributed by atoms with E-state index >= 15 is 0 Å². The largest absolute Gasteiger partial charge is 0.417 e. The van der Waals surface area contributed by atoms with E-state index in [1.807, 2.05) is 7.05 Å². The molecule has 21 heavy (non-hydrogen) atoms. The number of nitrogens with zero attached hydrogens (tertiary/aromatic N) is 1. The molecule has 2 aliphatic rings. The van der Waals surface area contributed by atoms with Crippen molar-refractivity contribution < 1.29 is 22.3 Å². The van der Waals surface area contributed by atoms with Crippen LogP contribution in [0, 0.1) is 5.82 Å². The van der Waals surface area contributed by atoms with Crippen molar-refractivity contribution in [2.45, 2.75) is 24.7 Å². The highest BCUT2D eigenvalue weighted by atomic mass is 19.4. The number of likely N-dealkylation sites (N-methyl/N-ethyl adjacent to an activating group) is 1. The van der Waals surface area contributed by atoms with Crippen molar-refractivity contribution in [3.05, 3.63) is 41.2 Å². The number of fused-ring (bicyclic) bond motifs is 2. The number of halogens is 4. The van der Waals surface area contributed by atoms with E-state index in [-0.39, 0.29) is 17.6 Å². The first-order valence-electron chi connectivity index (χ1n) is 6.74. The third-order valence-corrected chi connectivity index (χ3v) is 4.18. The predicted octanol–water partition coefficient (Wildman–Crippen LogP) is 3.33. The maximum atomic E-state index is 13.2. The van der Waals surface area contributed by atoms with E-state index in [4.69, 9.17) is 4.74 Å². The topological polar surface area (TPSA) is 12.5 Å². The summed E-state index contributed by atoms with van der Waals surface area (Å²) in [4.78, 5) is 2.11. The second kappa shape index (κ2) is 5.10. The van der Waals surface area contributed by atoms with Gasteiger partial charge >= 0.3 is 6.18 Å². The monoisotopic (exact) mass is 301 g/mol. The molecule has 0 amide bonds. The van der Waals surface area contributed by atoms with E-state index in [0.29, 0.717) is 31.3 Å². The van der Waals surface area contributed by atoms with Gasteiger partial charge in [-0.1, -0.05) is 12.1 Å². The first kappa shape index (κ1) is 14.5. The van der Waals surface area contributed by atoms with Crippen molar-refractivity contribution in [1.82, 2.24) is 4.90 Å². The molecule has 2 aliphatic heterocycles. The van der Waals surface area contributed by atoms with Crippen LogP contribution in [0.15, 0.2) is 24.3 Å². The van der Waals surface area contributed by atoms with Crippen molar-refractivity contribution in [3.8, 4) is 0 Å². The minimum Gasteiger partial charge on any atom is -0.378 e. The van der Waals surface area contributed by atoms with E-state index in [0.717, 1.165) is 6.07 Å². The molecule has 0 N–H and O–H groups in total. The lowest BCUT2D eigenvalue weighted by atomic mass is 9.88. The summed E-state index contributed by atoms with van der Waals surface area (Å²) in [6.45, 7) is 0.978. The summed E-state index contributed by atoms with van der Waals surface area (Å²) in [5, 5.41) is 0. The van der Waals surface area contributed by atoms with Gasteiger partial charge in [0.05, 0.1) is 24.8 Å². The lowest BCUT2D eigenvalue weighted by molar-refractivity contribution is -0.138. The first-order chi connectivity index (χ1) is 9.86. The molecule has 2 atom stereocenters. The molecule has 1 fully saturated rings. The summed E-state index contributed by atoms with van der Waals surface area (Å²) in [5.41, 5.74) is -0.204. The predicted molar refractivity (Wildman–Crippen MR) is 70.2 cm³/mol. The van der Waals surface area contributed by atoms with Gasteiger partial charge in [-0.15, -0.1) is 0 Å². The molecule has 1 aromatic rings. The molecule has 6 heteroatoms. The van der Waals surface area contributed by atoms with Crippen LogP contribution in [0.25, 0.3) is 5.57 Å². The number of hydrogen-bond acceptors (Lipinski definition) is 2. The second-order valence-electron chi connectivity index (χ2n) is 5.51. The molecule has 0 saturated carbocycles. The van der Waals surface area contributed by atoms with Crippen molar-refractivity contribution in [2.75, 3.05) is 20.3 Å². The Labute approximate surface area is 120 Å². The number of alkyl halides is 3. The molecule has 0 aromatic heterocycles. The van der Waals surface area contributed by atoms with Crippen LogP contribution in [-0.2, 0) is 10.9 Å². The smallest absolute Gasteiger partial charge is 0.378 e. The number of benzene rings is 1. The fourth-order valence-corrected chi connectivity index (χ4v) is 2.98. The van der Waals surface area contributed by atoms with Gasteiger partial charge in [0.2, 0.25) is 0 Å². The van der Waals surface area contributed by atoms with Gasteiger partial charge in [0.15, 0.2) is 0 Å². The van der Waals surface area contributed by atoms with Crippen LogP contribution in [0.4, 0.5) is 17.6 Å². The Bertz CT molecular complexity index is 582. The van der Waals surface area contributed by atoms with Crippen LogP contribution >= 0.6 is 0 Å². The Morgan fingerprint density at radius 2 is 2.00 bits per heavy atom. The van der Waals surface area contributed by atoms with Crippen molar-refractivity contribution >= 4 is 5.57 Å². The zero-order chi connectivity index (χ0) is 15.2. The third-order valence-electron chi connectivity index (χ3n) is 4.18. The third kappa shape index (κ3) is 2.70. The minimum atomic E-state index is -4.56. The zero-order valence-electron chi connectivity index (χ0n) is 11.5. The zero-order valence-corrected chi connectivity index (χ0v) is 11.5. The molecular formula is C15H15F4NO. The molecule has 1 saturated heterocycles. The fourth-order valence-electron chi connectivity index (χ4n) is 2.98. The first-order valence-corrected chi connectivity index (χ1v) is 6.74. The van der Waals surface area contributed by atoms with E-state index in [2.05, 4.69) is 4.90 Å². The summed E-state index contributed by atoms with van der Waals surface area (Å²) in [6.07, 6.45) is -2.28. The summed E-state index contributed by atoms with van der Waals surface area (Å²) >= 11 is 0. The summed E-state index contributed by atoms with van der Waals surface area (Å²) in [7, 11) is 1.94. The molecule has 1 aromatic carbocycles. The SMILES string of the molecule is CN1C2C=C(c3ccc(F)cc3C(F)(F)F)CC1COC2. The van der Waals surface area contributed by atoms with Crippen LogP contribution < -0.4 is 0 Å². The van der Waals surface area contributed by atoms with Gasteiger partial charge in [0.25, 0.3) is 0 Å². The highest BCUT2D eigenvalue weighted by Gasteiger charge is 2.37. The van der Waals surface area contributed by atoms with E-state index in [1.165, 1.54) is 6.07 Å². The van der Waals surface area contributed by atoms with Gasteiger partial charge < -0.3 is 4.74 Å². The Hall–Kier alpha value is -1.40. The van der Waals surface area contributed by atoms with Gasteiger partial charge in [-0.05, 0) is 36.7 Å². The summed E-state index contributed by atoms with van der Waals surface area (Å²) in [5.74, 6) is -0.872. The van der Waals surface area contributed by atoms with Gasteiger partial charge in [0.1, 0.15) is 5.82 Å². The van der Waals surface area contributed by atoms with Crippen LogP contribution in [0.3, 0.4) is 0 Å². The minimum absolute atomic E-state index is 0.0290. The van der Waals surface area contributed by atoms with Gasteiger partial charge in [-0.25, -0.2) is 4.39 Å². The lowest BCUT2D eigenvalue weighted by Gasteiger charge is -2.42. The highest BCUT2D eigenvalue weighted by Crippen LogP contribution is 2.39. The van der Waals surface area contributed by atoms with Crippen molar-refractivity contribution in [2.24, 2.45) is 0 Å². The average Bonchev–Trinajstić information content (AvgIpc) is 2.37. The lowest BCUT2D eigenvalue weighted by Crippen LogP contribution is -2.51. The molecule has 114 valence electrons. The van der Waals surface area contributed by atoms with E-state index in [1.54, 1.807) is 6.08 Å². The van der Waals surface area contributed by atoms with Crippen molar-refractivity contribution in [3.63, 3.8) is 0 Å². The molecule has 3 rings (SSSR count). The molecule has 0 aliphatic carbocycles. The average molecular weight is 301 g/mol. The quantitative estimate of drug-likeness (QED) is 0.738. The maximum Gasteiger partial charge on any atom is 0.417 e. The molecule has 2 nitrogen and oxygen atoms in total. The van der Waals surface area contributed by atoms with Crippen LogP contribution in [0.5, 0.6) is 0 Å². The van der Waals surface area contributed by atoms with Gasteiger partial charge in [-0.3, -0.25) is 4.90 Å². The number of ether oxygens (including phenoxy) is 1. The number of hydrogen-bond donors (Lipinski definition) is 0. The Balaban J connectivity index is 2.05. The summed E-state index contributed by atoms with van der Waals surface area (Å²) in [6, 6.07) is 2.91. The number of morpholine rings is 1. The molecule has 2 heterocycles. The van der Waals surface area contributed by atoms with Gasteiger partial charge in [-0.2, -0.15) is 13.2 Å². The standard InChI is InChI=1S/C15H15F4NO/c1-20-11-4-9(5-12(20)8-21-7-11)13-3-2-10(16)6-14(13)15(17,18)19/h2-4,6,11-12H,5,7-8H2,1H3. The Morgan fingerprint density at radius 3 is 2.67 bits per heavy atom. The highest BCUT2D eigenvalue weighted by molar-refractivity contribution is 5.71. The molecule has 0 spiro atoms. The maximum absolute atomic E-state index is 13.2. The molecular weight excluding hydrogens is 286 g/mol. The van der Waals surface area contributed by atoms with E-state index < -0.39 is 17.6 Å². The second-order valence-corrected chi connectivity index (χ2v) is 5.51. The number of rotatable bonds is 1. The van der Waals surface area contributed by atoms with E-state index in [9.17, 15) is 17.6 Å². The van der Waals surface area contributed by atoms with Crippen LogP contribution in [0.2, 0.25) is 0 Å². The van der Waals surface area contributed by atoms with Crippen LogP contribution in [0.1, 0.15) is 17.5 Å². The normalized spacial score (nSPS) is 26.6. The molecule has 0 radical (unpaired) electrons. The Morgan fingerprint density at radius 1 is 1.24 bits per heavy atom. The molecule has 2 bridgehead atoms. The van der Waals surface area contributed by atoms with Crippen LogP contribution in [-0.4, -0.2) is 37.2 Å². The van der Waals surface area contributed by atoms with Crippen molar-refractivity contribution in [1.29, 1.82) is 0 Å².